The lowest BCUT2D eigenvalue weighted by Crippen LogP contribution is -2.02. The Morgan fingerprint density at radius 2 is 1.88 bits per heavy atom. The molecule has 1 N–H and O–H groups in total. The molecule has 0 unspecified atom stereocenters. The van der Waals surface area contributed by atoms with Crippen LogP contribution in [0.3, 0.4) is 0 Å². The number of hydrogen-bond donors (Lipinski definition) is 1. The summed E-state index contributed by atoms with van der Waals surface area (Å²) in [4.78, 5) is 0. The molecule has 0 atom stereocenters. The Hall–Kier alpha value is -3.06. The summed E-state index contributed by atoms with van der Waals surface area (Å²) in [6, 6.07) is 13.9. The smallest absolute Gasteiger partial charge is 0.190 e. The maximum atomic E-state index is 13.3. The molecular formula is C16H10ClFN6. The Morgan fingerprint density at radius 1 is 1.04 bits per heavy atom. The first kappa shape index (κ1) is 14.5. The Morgan fingerprint density at radius 3 is 2.67 bits per heavy atom. The van der Waals surface area contributed by atoms with Gasteiger partial charge in [0.1, 0.15) is 5.82 Å². The predicted molar refractivity (Wildman–Crippen MR) is 89.1 cm³/mol. The van der Waals surface area contributed by atoms with Gasteiger partial charge in [0.2, 0.25) is 0 Å². The molecule has 0 aliphatic rings. The van der Waals surface area contributed by atoms with E-state index in [2.05, 4.69) is 25.8 Å². The van der Waals surface area contributed by atoms with Crippen molar-refractivity contribution in [2.45, 2.75) is 0 Å². The standard InChI is InChI=1S/C16H10ClFN6/c17-13-8-10(6-7-14(13)18)20-15-12-9-19-24(16(12)22-23-21-15)11-4-2-1-3-5-11/h1-9H,(H,20,21,22). The number of para-hydroxylation sites is 1. The van der Waals surface area contributed by atoms with Crippen LogP contribution in [0.4, 0.5) is 15.9 Å². The average molecular weight is 341 g/mol. The van der Waals surface area contributed by atoms with Crippen molar-refractivity contribution in [1.29, 1.82) is 0 Å². The van der Waals surface area contributed by atoms with Crippen molar-refractivity contribution in [3.63, 3.8) is 0 Å². The summed E-state index contributed by atoms with van der Waals surface area (Å²) < 4.78 is 14.9. The number of anilines is 2. The summed E-state index contributed by atoms with van der Waals surface area (Å²) in [5.74, 6) is -0.0186. The van der Waals surface area contributed by atoms with Gasteiger partial charge < -0.3 is 5.32 Å². The molecule has 0 saturated heterocycles. The SMILES string of the molecule is Fc1ccc(Nc2nnnc3c2cnn3-c2ccccc2)cc1Cl. The van der Waals surface area contributed by atoms with Crippen LogP contribution < -0.4 is 5.32 Å². The second kappa shape index (κ2) is 5.86. The minimum absolute atomic E-state index is 0.0261. The van der Waals surface area contributed by atoms with Gasteiger partial charge in [-0.2, -0.15) is 5.10 Å². The van der Waals surface area contributed by atoms with Crippen molar-refractivity contribution < 1.29 is 4.39 Å². The normalized spacial score (nSPS) is 10.9. The van der Waals surface area contributed by atoms with Crippen LogP contribution in [0.5, 0.6) is 0 Å². The fraction of sp³-hybridized carbons (Fsp3) is 0. The monoisotopic (exact) mass is 340 g/mol. The van der Waals surface area contributed by atoms with Gasteiger partial charge in [-0.3, -0.25) is 0 Å². The third kappa shape index (κ3) is 2.55. The van der Waals surface area contributed by atoms with Gasteiger partial charge in [-0.1, -0.05) is 29.8 Å². The first-order valence-corrected chi connectivity index (χ1v) is 7.45. The van der Waals surface area contributed by atoms with E-state index in [1.54, 1.807) is 16.9 Å². The topological polar surface area (TPSA) is 68.5 Å². The summed E-state index contributed by atoms with van der Waals surface area (Å²) in [5.41, 5.74) is 2.02. The lowest BCUT2D eigenvalue weighted by atomic mass is 10.3. The quantitative estimate of drug-likeness (QED) is 0.615. The molecule has 2 aromatic heterocycles. The van der Waals surface area contributed by atoms with E-state index in [0.29, 0.717) is 22.5 Å². The molecule has 0 bridgehead atoms. The van der Waals surface area contributed by atoms with Crippen LogP contribution in [0.15, 0.2) is 54.7 Å². The van der Waals surface area contributed by atoms with Gasteiger partial charge in [0.25, 0.3) is 0 Å². The fourth-order valence-electron chi connectivity index (χ4n) is 2.33. The lowest BCUT2D eigenvalue weighted by molar-refractivity contribution is 0.628. The molecule has 8 heteroatoms. The molecule has 0 saturated carbocycles. The van der Waals surface area contributed by atoms with E-state index in [4.69, 9.17) is 11.6 Å². The van der Waals surface area contributed by atoms with E-state index in [1.807, 2.05) is 30.3 Å². The summed E-state index contributed by atoms with van der Waals surface area (Å²) in [6.45, 7) is 0. The summed E-state index contributed by atoms with van der Waals surface area (Å²) in [7, 11) is 0. The van der Waals surface area contributed by atoms with E-state index in [-0.39, 0.29) is 5.02 Å². The zero-order chi connectivity index (χ0) is 16.5. The van der Waals surface area contributed by atoms with Crippen molar-refractivity contribution in [3.8, 4) is 5.69 Å². The van der Waals surface area contributed by atoms with Gasteiger partial charge in [-0.15, -0.1) is 10.2 Å². The zero-order valence-electron chi connectivity index (χ0n) is 12.2. The molecule has 4 rings (SSSR count). The molecule has 2 aromatic carbocycles. The average Bonchev–Trinajstić information content (AvgIpc) is 3.04. The maximum Gasteiger partial charge on any atom is 0.190 e. The van der Waals surface area contributed by atoms with Crippen LogP contribution in [0.25, 0.3) is 16.7 Å². The second-order valence-electron chi connectivity index (χ2n) is 5.02. The van der Waals surface area contributed by atoms with Crippen molar-refractivity contribution in [2.24, 2.45) is 0 Å². The molecule has 0 spiro atoms. The van der Waals surface area contributed by atoms with Crippen LogP contribution in [-0.4, -0.2) is 25.2 Å². The van der Waals surface area contributed by atoms with Crippen LogP contribution >= 0.6 is 11.6 Å². The third-order valence-electron chi connectivity index (χ3n) is 3.47. The Bertz CT molecular complexity index is 1020. The molecule has 118 valence electrons. The summed E-state index contributed by atoms with van der Waals surface area (Å²) in [5, 5.41) is 20.0. The Labute approximate surface area is 140 Å². The lowest BCUT2D eigenvalue weighted by Gasteiger charge is -2.06. The Kier molecular flexibility index (Phi) is 3.55. The minimum Gasteiger partial charge on any atom is -0.338 e. The number of rotatable bonds is 3. The highest BCUT2D eigenvalue weighted by Gasteiger charge is 2.12. The highest BCUT2D eigenvalue weighted by Crippen LogP contribution is 2.26. The third-order valence-corrected chi connectivity index (χ3v) is 3.76. The van der Waals surface area contributed by atoms with Gasteiger partial charge in [0.05, 0.1) is 22.3 Å². The van der Waals surface area contributed by atoms with Crippen molar-refractivity contribution in [1.82, 2.24) is 25.2 Å². The van der Waals surface area contributed by atoms with Crippen molar-refractivity contribution in [2.75, 3.05) is 5.32 Å². The van der Waals surface area contributed by atoms with Crippen LogP contribution in [0.1, 0.15) is 0 Å². The first-order valence-electron chi connectivity index (χ1n) is 7.07. The molecule has 6 nitrogen and oxygen atoms in total. The van der Waals surface area contributed by atoms with Crippen molar-refractivity contribution in [3.05, 3.63) is 65.6 Å². The zero-order valence-corrected chi connectivity index (χ0v) is 12.9. The van der Waals surface area contributed by atoms with E-state index in [0.717, 1.165) is 5.69 Å². The van der Waals surface area contributed by atoms with Crippen LogP contribution in [-0.2, 0) is 0 Å². The van der Waals surface area contributed by atoms with E-state index in [1.165, 1.54) is 12.1 Å². The highest BCUT2D eigenvalue weighted by atomic mass is 35.5. The predicted octanol–water partition coefficient (Wildman–Crippen LogP) is 3.75. The number of aromatic nitrogens is 5. The molecule has 0 aliphatic heterocycles. The largest absolute Gasteiger partial charge is 0.338 e. The summed E-state index contributed by atoms with van der Waals surface area (Å²) >= 11 is 5.80. The first-order chi connectivity index (χ1) is 11.7. The van der Waals surface area contributed by atoms with Gasteiger partial charge in [-0.05, 0) is 35.5 Å². The van der Waals surface area contributed by atoms with Crippen LogP contribution in [0.2, 0.25) is 5.02 Å². The number of benzene rings is 2. The van der Waals surface area contributed by atoms with Crippen LogP contribution in [0, 0.1) is 5.82 Å². The molecule has 0 aliphatic carbocycles. The van der Waals surface area contributed by atoms with Gasteiger partial charge >= 0.3 is 0 Å². The highest BCUT2D eigenvalue weighted by molar-refractivity contribution is 6.31. The van der Waals surface area contributed by atoms with Gasteiger partial charge in [0, 0.05) is 5.69 Å². The summed E-state index contributed by atoms with van der Waals surface area (Å²) in [6.07, 6.45) is 1.65. The molecule has 24 heavy (non-hydrogen) atoms. The fourth-order valence-corrected chi connectivity index (χ4v) is 2.51. The van der Waals surface area contributed by atoms with Gasteiger partial charge in [0.15, 0.2) is 11.5 Å². The number of fused-ring (bicyclic) bond motifs is 1. The molecular weight excluding hydrogens is 331 g/mol. The molecule has 2 heterocycles. The number of hydrogen-bond acceptors (Lipinski definition) is 5. The van der Waals surface area contributed by atoms with E-state index in [9.17, 15) is 4.39 Å². The molecule has 0 radical (unpaired) electrons. The number of nitrogens with one attached hydrogen (secondary N) is 1. The van der Waals surface area contributed by atoms with E-state index >= 15 is 0 Å². The van der Waals surface area contributed by atoms with Gasteiger partial charge in [-0.25, -0.2) is 9.07 Å². The number of halogens is 2. The minimum atomic E-state index is -0.481. The molecule has 4 aromatic rings. The Balaban J connectivity index is 1.77. The number of nitrogens with zero attached hydrogens (tertiary/aromatic N) is 5. The molecule has 0 amide bonds. The van der Waals surface area contributed by atoms with Crippen molar-refractivity contribution >= 4 is 34.1 Å². The molecule has 0 fully saturated rings. The van der Waals surface area contributed by atoms with E-state index < -0.39 is 5.82 Å². The maximum absolute atomic E-state index is 13.3. The second-order valence-corrected chi connectivity index (χ2v) is 5.43.